The van der Waals surface area contributed by atoms with Crippen LogP contribution in [0.2, 0.25) is 5.02 Å². The van der Waals surface area contributed by atoms with Gasteiger partial charge in [0.15, 0.2) is 5.69 Å². The van der Waals surface area contributed by atoms with Crippen molar-refractivity contribution in [2.24, 2.45) is 0 Å². The monoisotopic (exact) mass is 175 g/mol. The Kier molecular flexibility index (Phi) is 2.05. The molecule has 0 unspecified atom stereocenters. The molecule has 0 fully saturated rings. The standard InChI is InChI=1S/C6H3ClFNO2/c7-3-1-2-4(6(10)11)9-5(3)8/h1-2H,(H,10,11). The van der Waals surface area contributed by atoms with Gasteiger partial charge in [0.2, 0.25) is 5.95 Å². The van der Waals surface area contributed by atoms with Gasteiger partial charge in [0, 0.05) is 0 Å². The number of carbonyl (C=O) groups is 1. The number of aromatic carboxylic acids is 1. The molecule has 1 rings (SSSR count). The van der Waals surface area contributed by atoms with Crippen molar-refractivity contribution in [1.29, 1.82) is 0 Å². The van der Waals surface area contributed by atoms with E-state index in [-0.39, 0.29) is 10.7 Å². The van der Waals surface area contributed by atoms with Crippen molar-refractivity contribution in [2.45, 2.75) is 0 Å². The number of rotatable bonds is 1. The topological polar surface area (TPSA) is 50.2 Å². The van der Waals surface area contributed by atoms with Crippen molar-refractivity contribution in [3.05, 3.63) is 28.8 Å². The number of hydrogen-bond donors (Lipinski definition) is 1. The molecule has 11 heavy (non-hydrogen) atoms. The van der Waals surface area contributed by atoms with Crippen LogP contribution in [0.3, 0.4) is 0 Å². The molecule has 0 aromatic carbocycles. The van der Waals surface area contributed by atoms with E-state index in [1.54, 1.807) is 0 Å². The van der Waals surface area contributed by atoms with Crippen LogP contribution in [0.4, 0.5) is 4.39 Å². The van der Waals surface area contributed by atoms with E-state index in [1.165, 1.54) is 0 Å². The zero-order valence-corrected chi connectivity index (χ0v) is 5.97. The molecule has 0 saturated heterocycles. The summed E-state index contributed by atoms with van der Waals surface area (Å²) in [5.41, 5.74) is -0.355. The second-order valence-electron chi connectivity index (χ2n) is 1.77. The molecule has 0 bridgehead atoms. The van der Waals surface area contributed by atoms with E-state index in [9.17, 15) is 9.18 Å². The molecule has 0 aliphatic rings. The van der Waals surface area contributed by atoms with Crippen LogP contribution in [0, 0.1) is 5.95 Å². The number of aromatic nitrogens is 1. The molecular formula is C6H3ClFNO2. The number of hydrogen-bond acceptors (Lipinski definition) is 2. The Labute approximate surface area is 66.4 Å². The molecule has 0 radical (unpaired) electrons. The second kappa shape index (κ2) is 2.84. The Morgan fingerprint density at radius 3 is 2.73 bits per heavy atom. The molecule has 0 atom stereocenters. The van der Waals surface area contributed by atoms with Crippen molar-refractivity contribution >= 4 is 17.6 Å². The van der Waals surface area contributed by atoms with Gasteiger partial charge < -0.3 is 5.11 Å². The fourth-order valence-corrected chi connectivity index (χ4v) is 0.642. The maximum absolute atomic E-state index is 12.4. The van der Waals surface area contributed by atoms with Crippen molar-refractivity contribution in [3.63, 3.8) is 0 Å². The third-order valence-corrected chi connectivity index (χ3v) is 1.30. The molecule has 0 aliphatic heterocycles. The minimum atomic E-state index is -1.28. The van der Waals surface area contributed by atoms with Crippen LogP contribution >= 0.6 is 11.6 Å². The average molecular weight is 176 g/mol. The van der Waals surface area contributed by atoms with Crippen LogP contribution in [-0.4, -0.2) is 16.1 Å². The van der Waals surface area contributed by atoms with Crippen LogP contribution in [-0.2, 0) is 0 Å². The van der Waals surface area contributed by atoms with Crippen LogP contribution in [0.25, 0.3) is 0 Å². The number of nitrogens with zero attached hydrogens (tertiary/aromatic N) is 1. The van der Waals surface area contributed by atoms with Crippen molar-refractivity contribution in [3.8, 4) is 0 Å². The van der Waals surface area contributed by atoms with E-state index in [1.807, 2.05) is 0 Å². The zero-order valence-electron chi connectivity index (χ0n) is 5.21. The maximum Gasteiger partial charge on any atom is 0.354 e. The SMILES string of the molecule is O=C(O)c1ccc(Cl)c(F)n1. The first-order chi connectivity index (χ1) is 5.11. The van der Waals surface area contributed by atoms with Crippen LogP contribution in [0.15, 0.2) is 12.1 Å². The van der Waals surface area contributed by atoms with Crippen LogP contribution in [0.1, 0.15) is 10.5 Å². The van der Waals surface area contributed by atoms with E-state index >= 15 is 0 Å². The highest BCUT2D eigenvalue weighted by atomic mass is 35.5. The van der Waals surface area contributed by atoms with Gasteiger partial charge in [0.25, 0.3) is 0 Å². The van der Waals surface area contributed by atoms with Crippen molar-refractivity contribution in [1.82, 2.24) is 4.98 Å². The molecule has 1 aromatic heterocycles. The Balaban J connectivity index is 3.15. The van der Waals surface area contributed by atoms with Gasteiger partial charge in [-0.3, -0.25) is 0 Å². The highest BCUT2D eigenvalue weighted by Gasteiger charge is 2.07. The summed E-state index contributed by atoms with van der Waals surface area (Å²) >= 11 is 5.25. The van der Waals surface area contributed by atoms with Gasteiger partial charge in [0.1, 0.15) is 0 Å². The first-order valence-electron chi connectivity index (χ1n) is 2.66. The molecule has 1 N–H and O–H groups in total. The summed E-state index contributed by atoms with van der Waals surface area (Å²) in [6.45, 7) is 0. The van der Waals surface area contributed by atoms with Gasteiger partial charge in [-0.05, 0) is 12.1 Å². The van der Waals surface area contributed by atoms with E-state index < -0.39 is 11.9 Å². The smallest absolute Gasteiger partial charge is 0.354 e. The lowest BCUT2D eigenvalue weighted by molar-refractivity contribution is 0.0689. The molecule has 1 aromatic rings. The molecule has 58 valence electrons. The quantitative estimate of drug-likeness (QED) is 0.660. The average Bonchev–Trinajstić information content (AvgIpc) is 1.94. The Bertz CT molecular complexity index is 303. The highest BCUT2D eigenvalue weighted by molar-refractivity contribution is 6.30. The van der Waals surface area contributed by atoms with E-state index in [0.29, 0.717) is 0 Å². The molecule has 0 saturated carbocycles. The lowest BCUT2D eigenvalue weighted by Crippen LogP contribution is -2.01. The summed E-state index contributed by atoms with van der Waals surface area (Å²) in [4.78, 5) is 13.3. The summed E-state index contributed by atoms with van der Waals surface area (Å²) in [6.07, 6.45) is 0. The van der Waals surface area contributed by atoms with Gasteiger partial charge in [-0.25, -0.2) is 9.78 Å². The third-order valence-electron chi connectivity index (χ3n) is 1.02. The highest BCUT2D eigenvalue weighted by Crippen LogP contribution is 2.11. The number of pyridine rings is 1. The summed E-state index contributed by atoms with van der Waals surface area (Å²) in [6, 6.07) is 2.28. The normalized spacial score (nSPS) is 9.64. The van der Waals surface area contributed by atoms with Gasteiger partial charge in [-0.2, -0.15) is 4.39 Å². The second-order valence-corrected chi connectivity index (χ2v) is 2.18. The largest absolute Gasteiger partial charge is 0.477 e. The fraction of sp³-hybridized carbons (Fsp3) is 0. The molecule has 0 aliphatic carbocycles. The molecule has 0 amide bonds. The summed E-state index contributed by atoms with van der Waals surface area (Å²) in [5.74, 6) is -2.24. The van der Waals surface area contributed by atoms with E-state index in [4.69, 9.17) is 16.7 Å². The first-order valence-corrected chi connectivity index (χ1v) is 3.04. The van der Waals surface area contributed by atoms with Crippen molar-refractivity contribution < 1.29 is 14.3 Å². The van der Waals surface area contributed by atoms with E-state index in [0.717, 1.165) is 12.1 Å². The Morgan fingerprint density at radius 1 is 1.64 bits per heavy atom. The number of halogens is 2. The van der Waals surface area contributed by atoms with Gasteiger partial charge in [-0.1, -0.05) is 11.6 Å². The maximum atomic E-state index is 12.4. The van der Waals surface area contributed by atoms with Crippen LogP contribution in [0.5, 0.6) is 0 Å². The number of carboxylic acids is 1. The predicted molar refractivity (Wildman–Crippen MR) is 36.2 cm³/mol. The minimum Gasteiger partial charge on any atom is -0.477 e. The molecule has 0 spiro atoms. The van der Waals surface area contributed by atoms with Gasteiger partial charge >= 0.3 is 5.97 Å². The first kappa shape index (κ1) is 7.94. The Hall–Kier alpha value is -1.16. The third kappa shape index (κ3) is 1.65. The van der Waals surface area contributed by atoms with Gasteiger partial charge in [-0.15, -0.1) is 0 Å². The Morgan fingerprint density at radius 2 is 2.27 bits per heavy atom. The zero-order chi connectivity index (χ0) is 8.43. The molecule has 1 heterocycles. The molecule has 3 nitrogen and oxygen atoms in total. The minimum absolute atomic E-state index is 0.185. The summed E-state index contributed by atoms with van der Waals surface area (Å²) < 4.78 is 12.4. The van der Waals surface area contributed by atoms with Crippen LogP contribution < -0.4 is 0 Å². The predicted octanol–water partition coefficient (Wildman–Crippen LogP) is 1.57. The lowest BCUT2D eigenvalue weighted by atomic mass is 10.3. The summed E-state index contributed by atoms with van der Waals surface area (Å²) in [5, 5.41) is 8.14. The molecular weight excluding hydrogens is 173 g/mol. The fourth-order valence-electron chi connectivity index (χ4n) is 0.536. The van der Waals surface area contributed by atoms with Crippen molar-refractivity contribution in [2.75, 3.05) is 0 Å². The molecule has 5 heteroatoms. The summed E-state index contributed by atoms with van der Waals surface area (Å²) in [7, 11) is 0. The van der Waals surface area contributed by atoms with E-state index in [2.05, 4.69) is 4.98 Å². The number of carboxylic acid groups (broad SMARTS) is 1. The lowest BCUT2D eigenvalue weighted by Gasteiger charge is -1.93. The van der Waals surface area contributed by atoms with Gasteiger partial charge in [0.05, 0.1) is 5.02 Å².